The summed E-state index contributed by atoms with van der Waals surface area (Å²) in [5, 5.41) is 14.3. The number of rotatable bonds is 1. The number of hydrogen-bond acceptors (Lipinski definition) is 4. The lowest BCUT2D eigenvalue weighted by atomic mass is 10.1. The molecule has 3 aromatic rings. The molecule has 1 aromatic heterocycles. The molecule has 3 rings (SSSR count). The zero-order valence-electron chi connectivity index (χ0n) is 8.92. The summed E-state index contributed by atoms with van der Waals surface area (Å²) in [6, 6.07) is 12.2. The second-order valence-electron chi connectivity index (χ2n) is 3.84. The fourth-order valence-corrected chi connectivity index (χ4v) is 1.82. The summed E-state index contributed by atoms with van der Waals surface area (Å²) in [5.41, 5.74) is 8.56. The van der Waals surface area contributed by atoms with Crippen molar-refractivity contribution in [1.82, 2.24) is 5.16 Å². The van der Waals surface area contributed by atoms with E-state index in [-0.39, 0.29) is 5.75 Å². The summed E-state index contributed by atoms with van der Waals surface area (Å²) in [6.07, 6.45) is 0. The summed E-state index contributed by atoms with van der Waals surface area (Å²) in [5.74, 6) is 0.197. The van der Waals surface area contributed by atoms with Crippen LogP contribution in [-0.2, 0) is 0 Å². The first-order valence-corrected chi connectivity index (χ1v) is 5.18. The molecule has 2 aromatic carbocycles. The third kappa shape index (κ3) is 1.59. The van der Waals surface area contributed by atoms with E-state index >= 15 is 0 Å². The van der Waals surface area contributed by atoms with Crippen LogP contribution in [0.25, 0.3) is 22.2 Å². The number of fused-ring (bicyclic) bond motifs is 1. The van der Waals surface area contributed by atoms with Gasteiger partial charge in [-0.25, -0.2) is 0 Å². The zero-order valence-corrected chi connectivity index (χ0v) is 8.92. The molecule has 3 N–H and O–H groups in total. The Morgan fingerprint density at radius 2 is 2.00 bits per heavy atom. The molecule has 17 heavy (non-hydrogen) atoms. The highest BCUT2D eigenvalue weighted by atomic mass is 16.5. The van der Waals surface area contributed by atoms with Gasteiger partial charge in [0, 0.05) is 11.3 Å². The van der Waals surface area contributed by atoms with Gasteiger partial charge in [0.15, 0.2) is 5.58 Å². The number of aromatic nitrogens is 1. The Morgan fingerprint density at radius 3 is 2.82 bits per heavy atom. The predicted octanol–water partition coefficient (Wildman–Crippen LogP) is 2.78. The average molecular weight is 226 g/mol. The van der Waals surface area contributed by atoms with Crippen molar-refractivity contribution in [2.24, 2.45) is 0 Å². The van der Waals surface area contributed by atoms with E-state index in [9.17, 15) is 5.11 Å². The van der Waals surface area contributed by atoms with E-state index in [1.807, 2.05) is 12.1 Å². The van der Waals surface area contributed by atoms with Crippen LogP contribution in [0.4, 0.5) is 5.69 Å². The van der Waals surface area contributed by atoms with Crippen LogP contribution in [0.5, 0.6) is 5.75 Å². The molecule has 0 spiro atoms. The molecule has 0 aliphatic rings. The second kappa shape index (κ2) is 3.52. The van der Waals surface area contributed by atoms with Crippen LogP contribution in [0, 0.1) is 0 Å². The van der Waals surface area contributed by atoms with Crippen molar-refractivity contribution in [3.63, 3.8) is 0 Å². The van der Waals surface area contributed by atoms with Crippen molar-refractivity contribution >= 4 is 16.7 Å². The number of nitrogens with zero attached hydrogens (tertiary/aromatic N) is 1. The van der Waals surface area contributed by atoms with Gasteiger partial charge in [-0.15, -0.1) is 0 Å². The Labute approximate surface area is 97.3 Å². The molecule has 0 aliphatic heterocycles. The zero-order chi connectivity index (χ0) is 11.8. The summed E-state index contributed by atoms with van der Waals surface area (Å²) >= 11 is 0. The largest absolute Gasteiger partial charge is 0.508 e. The molecule has 0 atom stereocenters. The van der Waals surface area contributed by atoms with Crippen molar-refractivity contribution in [3.8, 4) is 17.0 Å². The molecule has 1 heterocycles. The van der Waals surface area contributed by atoms with Crippen LogP contribution in [0.1, 0.15) is 0 Å². The predicted molar refractivity (Wildman–Crippen MR) is 65.5 cm³/mol. The summed E-state index contributed by atoms with van der Waals surface area (Å²) in [4.78, 5) is 0. The molecule has 0 unspecified atom stereocenters. The van der Waals surface area contributed by atoms with Crippen molar-refractivity contribution in [3.05, 3.63) is 42.5 Å². The minimum absolute atomic E-state index is 0.197. The van der Waals surface area contributed by atoms with Crippen molar-refractivity contribution in [1.29, 1.82) is 0 Å². The highest BCUT2D eigenvalue weighted by Crippen LogP contribution is 2.30. The summed E-state index contributed by atoms with van der Waals surface area (Å²) < 4.78 is 5.21. The van der Waals surface area contributed by atoms with E-state index in [1.165, 1.54) is 0 Å². The van der Waals surface area contributed by atoms with Gasteiger partial charge in [0.05, 0.1) is 5.39 Å². The van der Waals surface area contributed by atoms with Crippen LogP contribution in [-0.4, -0.2) is 10.3 Å². The van der Waals surface area contributed by atoms with Gasteiger partial charge in [-0.05, 0) is 30.3 Å². The fraction of sp³-hybridized carbons (Fsp3) is 0. The van der Waals surface area contributed by atoms with Crippen molar-refractivity contribution in [2.75, 3.05) is 5.73 Å². The Bertz CT molecular complexity index is 689. The molecular formula is C13H10N2O2. The van der Waals surface area contributed by atoms with Crippen LogP contribution >= 0.6 is 0 Å². The minimum atomic E-state index is 0.197. The smallest absolute Gasteiger partial charge is 0.167 e. The van der Waals surface area contributed by atoms with Crippen LogP contribution < -0.4 is 5.73 Å². The standard InChI is InChI=1S/C13H10N2O2/c14-9-4-5-12-11(7-9)13(15-17-12)8-2-1-3-10(16)6-8/h1-7,16H,14H2. The van der Waals surface area contributed by atoms with Crippen LogP contribution in [0.3, 0.4) is 0 Å². The van der Waals surface area contributed by atoms with Crippen molar-refractivity contribution in [2.45, 2.75) is 0 Å². The van der Waals surface area contributed by atoms with E-state index in [0.29, 0.717) is 17.0 Å². The van der Waals surface area contributed by atoms with Crippen LogP contribution in [0.15, 0.2) is 47.0 Å². The van der Waals surface area contributed by atoms with Gasteiger partial charge in [0.2, 0.25) is 0 Å². The van der Waals surface area contributed by atoms with Gasteiger partial charge >= 0.3 is 0 Å². The number of nitrogens with two attached hydrogens (primary N) is 1. The quantitative estimate of drug-likeness (QED) is 0.626. The number of hydrogen-bond donors (Lipinski definition) is 2. The Kier molecular flexibility index (Phi) is 2.01. The molecule has 0 saturated carbocycles. The molecule has 0 radical (unpaired) electrons. The molecule has 0 fully saturated rings. The Balaban J connectivity index is 2.27. The number of nitrogen functional groups attached to an aromatic ring is 1. The topological polar surface area (TPSA) is 72.3 Å². The number of phenolic OH excluding ortho intramolecular Hbond substituents is 1. The van der Waals surface area contributed by atoms with Gasteiger partial charge < -0.3 is 15.4 Å². The van der Waals surface area contributed by atoms with Gasteiger partial charge in [-0.3, -0.25) is 0 Å². The maximum Gasteiger partial charge on any atom is 0.167 e. The molecule has 0 aliphatic carbocycles. The number of anilines is 1. The fourth-order valence-electron chi connectivity index (χ4n) is 1.82. The first-order valence-electron chi connectivity index (χ1n) is 5.18. The molecule has 84 valence electrons. The third-order valence-electron chi connectivity index (χ3n) is 2.61. The first-order chi connectivity index (χ1) is 8.24. The van der Waals surface area contributed by atoms with E-state index in [2.05, 4.69) is 5.16 Å². The maximum absolute atomic E-state index is 9.46. The van der Waals surface area contributed by atoms with E-state index < -0.39 is 0 Å². The van der Waals surface area contributed by atoms with E-state index in [4.69, 9.17) is 10.3 Å². The SMILES string of the molecule is Nc1ccc2onc(-c3cccc(O)c3)c2c1. The normalized spacial score (nSPS) is 10.8. The minimum Gasteiger partial charge on any atom is -0.508 e. The third-order valence-corrected chi connectivity index (χ3v) is 2.61. The van der Waals surface area contributed by atoms with Gasteiger partial charge in [0.1, 0.15) is 11.4 Å². The molecule has 0 bridgehead atoms. The summed E-state index contributed by atoms with van der Waals surface area (Å²) in [6.45, 7) is 0. The second-order valence-corrected chi connectivity index (χ2v) is 3.84. The first kappa shape index (κ1) is 9.72. The monoisotopic (exact) mass is 226 g/mol. The Hall–Kier alpha value is -2.49. The van der Waals surface area contributed by atoms with Crippen LogP contribution in [0.2, 0.25) is 0 Å². The van der Waals surface area contributed by atoms with Gasteiger partial charge in [0.25, 0.3) is 0 Å². The maximum atomic E-state index is 9.46. The Morgan fingerprint density at radius 1 is 1.12 bits per heavy atom. The average Bonchev–Trinajstić information content (AvgIpc) is 2.71. The van der Waals surface area contributed by atoms with Crippen molar-refractivity contribution < 1.29 is 9.63 Å². The number of aromatic hydroxyl groups is 1. The van der Waals surface area contributed by atoms with E-state index in [0.717, 1.165) is 10.9 Å². The number of phenols is 1. The molecular weight excluding hydrogens is 216 g/mol. The molecule has 4 heteroatoms. The molecule has 0 amide bonds. The van der Waals surface area contributed by atoms with Gasteiger partial charge in [-0.2, -0.15) is 0 Å². The molecule has 0 saturated heterocycles. The lowest BCUT2D eigenvalue weighted by Gasteiger charge is -1.98. The highest BCUT2D eigenvalue weighted by molar-refractivity contribution is 5.93. The van der Waals surface area contributed by atoms with Gasteiger partial charge in [-0.1, -0.05) is 17.3 Å². The lowest BCUT2D eigenvalue weighted by Crippen LogP contribution is -1.83. The number of benzene rings is 2. The lowest BCUT2D eigenvalue weighted by molar-refractivity contribution is 0.459. The summed E-state index contributed by atoms with van der Waals surface area (Å²) in [7, 11) is 0. The molecule has 4 nitrogen and oxygen atoms in total. The van der Waals surface area contributed by atoms with E-state index in [1.54, 1.807) is 30.3 Å². The highest BCUT2D eigenvalue weighted by Gasteiger charge is 2.10.